The predicted octanol–water partition coefficient (Wildman–Crippen LogP) is 2.36. The molecule has 1 atom stereocenters. The van der Waals surface area contributed by atoms with Crippen LogP contribution in [0.4, 0.5) is 5.69 Å². The van der Waals surface area contributed by atoms with Crippen LogP contribution in [-0.2, 0) is 0 Å². The van der Waals surface area contributed by atoms with E-state index in [0.29, 0.717) is 6.04 Å². The molecule has 1 unspecified atom stereocenters. The van der Waals surface area contributed by atoms with Crippen LogP contribution in [0.5, 0.6) is 0 Å². The lowest BCUT2D eigenvalue weighted by atomic mass is 10.0. The molecule has 0 saturated carbocycles. The van der Waals surface area contributed by atoms with Gasteiger partial charge in [0.2, 0.25) is 0 Å². The zero-order valence-electron chi connectivity index (χ0n) is 12.0. The molecule has 1 heterocycles. The average molecular weight is 284 g/mol. The van der Waals surface area contributed by atoms with Crippen LogP contribution < -0.4 is 10.6 Å². The first-order valence-electron chi connectivity index (χ1n) is 6.92. The molecule has 0 radical (unpaired) electrons. The molecule has 19 heavy (non-hydrogen) atoms. The maximum atomic E-state index is 5.87. The minimum atomic E-state index is 0. The highest BCUT2D eigenvalue weighted by atomic mass is 35.5. The third-order valence-corrected chi connectivity index (χ3v) is 3.79. The molecular weight excluding hydrogens is 258 g/mol. The van der Waals surface area contributed by atoms with E-state index in [1.54, 1.807) is 0 Å². The first kappa shape index (κ1) is 16.3. The summed E-state index contributed by atoms with van der Waals surface area (Å²) >= 11 is 0. The van der Waals surface area contributed by atoms with Crippen LogP contribution in [0.1, 0.15) is 19.8 Å². The SMILES string of the molecule is CC(N)CN(C)C1CCN(c2ccccc2)CC1.Cl. The minimum Gasteiger partial charge on any atom is -0.371 e. The summed E-state index contributed by atoms with van der Waals surface area (Å²) in [5.74, 6) is 0. The summed E-state index contributed by atoms with van der Waals surface area (Å²) < 4.78 is 0. The van der Waals surface area contributed by atoms with Crippen LogP contribution in [0, 0.1) is 0 Å². The van der Waals surface area contributed by atoms with Crippen LogP contribution in [-0.4, -0.2) is 43.7 Å². The normalized spacial score (nSPS) is 18.2. The largest absolute Gasteiger partial charge is 0.371 e. The number of nitrogens with zero attached hydrogens (tertiary/aromatic N) is 2. The summed E-state index contributed by atoms with van der Waals surface area (Å²) in [6.07, 6.45) is 2.47. The molecule has 4 heteroatoms. The number of hydrogen-bond acceptors (Lipinski definition) is 3. The molecule has 0 aromatic heterocycles. The van der Waals surface area contributed by atoms with Crippen molar-refractivity contribution in [3.63, 3.8) is 0 Å². The number of halogens is 1. The van der Waals surface area contributed by atoms with Crippen molar-refractivity contribution in [2.45, 2.75) is 31.8 Å². The first-order valence-corrected chi connectivity index (χ1v) is 6.92. The topological polar surface area (TPSA) is 32.5 Å². The van der Waals surface area contributed by atoms with Gasteiger partial charge in [-0.2, -0.15) is 0 Å². The fourth-order valence-corrected chi connectivity index (χ4v) is 2.81. The summed E-state index contributed by atoms with van der Waals surface area (Å²) in [6, 6.07) is 11.7. The molecule has 0 bridgehead atoms. The number of benzene rings is 1. The second-order valence-corrected chi connectivity index (χ2v) is 5.47. The fourth-order valence-electron chi connectivity index (χ4n) is 2.81. The lowest BCUT2D eigenvalue weighted by molar-refractivity contribution is 0.200. The van der Waals surface area contributed by atoms with Gasteiger partial charge < -0.3 is 15.5 Å². The second-order valence-electron chi connectivity index (χ2n) is 5.47. The highest BCUT2D eigenvalue weighted by molar-refractivity contribution is 5.85. The minimum absolute atomic E-state index is 0. The molecule has 1 aliphatic heterocycles. The van der Waals surface area contributed by atoms with Crippen molar-refractivity contribution in [2.24, 2.45) is 5.73 Å². The Bertz CT molecular complexity index is 348. The summed E-state index contributed by atoms with van der Waals surface area (Å²) in [6.45, 7) is 5.38. The van der Waals surface area contributed by atoms with Gasteiger partial charge >= 0.3 is 0 Å². The van der Waals surface area contributed by atoms with Gasteiger partial charge in [0, 0.05) is 37.4 Å². The van der Waals surface area contributed by atoms with Gasteiger partial charge in [-0.15, -0.1) is 12.4 Å². The molecule has 108 valence electrons. The molecule has 2 N–H and O–H groups in total. The van der Waals surface area contributed by atoms with Crippen LogP contribution in [0.15, 0.2) is 30.3 Å². The maximum Gasteiger partial charge on any atom is 0.0366 e. The van der Waals surface area contributed by atoms with Crippen LogP contribution in [0.2, 0.25) is 0 Å². The molecule has 1 aliphatic rings. The second kappa shape index (κ2) is 7.73. The fraction of sp³-hybridized carbons (Fsp3) is 0.600. The van der Waals surface area contributed by atoms with E-state index < -0.39 is 0 Å². The number of anilines is 1. The van der Waals surface area contributed by atoms with Gasteiger partial charge in [0.05, 0.1) is 0 Å². The number of rotatable bonds is 4. The van der Waals surface area contributed by atoms with Crippen molar-refractivity contribution in [1.29, 1.82) is 0 Å². The van der Waals surface area contributed by atoms with Gasteiger partial charge in [-0.05, 0) is 38.9 Å². The molecule has 0 amide bonds. The van der Waals surface area contributed by atoms with Crippen LogP contribution in [0.3, 0.4) is 0 Å². The number of piperidine rings is 1. The van der Waals surface area contributed by atoms with Crippen molar-refractivity contribution in [1.82, 2.24) is 4.90 Å². The van der Waals surface area contributed by atoms with E-state index in [2.05, 4.69) is 54.1 Å². The van der Waals surface area contributed by atoms with Gasteiger partial charge in [-0.3, -0.25) is 0 Å². The molecule has 2 rings (SSSR count). The lowest BCUT2D eigenvalue weighted by Gasteiger charge is -2.38. The van der Waals surface area contributed by atoms with Crippen molar-refractivity contribution >= 4 is 18.1 Å². The Morgan fingerprint density at radius 3 is 2.37 bits per heavy atom. The van der Waals surface area contributed by atoms with E-state index in [0.717, 1.165) is 19.6 Å². The molecule has 0 spiro atoms. The van der Waals surface area contributed by atoms with Gasteiger partial charge in [0.1, 0.15) is 0 Å². The van der Waals surface area contributed by atoms with Crippen molar-refractivity contribution in [3.8, 4) is 0 Å². The number of nitrogens with two attached hydrogens (primary N) is 1. The van der Waals surface area contributed by atoms with Gasteiger partial charge in [0.15, 0.2) is 0 Å². The summed E-state index contributed by atoms with van der Waals surface area (Å²) in [5, 5.41) is 0. The number of likely N-dealkylation sites (N-methyl/N-ethyl adjacent to an activating group) is 1. The Hall–Kier alpha value is -0.770. The maximum absolute atomic E-state index is 5.87. The highest BCUT2D eigenvalue weighted by Gasteiger charge is 2.22. The molecule has 0 aliphatic carbocycles. The molecule has 1 saturated heterocycles. The Morgan fingerprint density at radius 2 is 1.84 bits per heavy atom. The first-order chi connectivity index (χ1) is 8.66. The smallest absolute Gasteiger partial charge is 0.0366 e. The highest BCUT2D eigenvalue weighted by Crippen LogP contribution is 2.21. The van der Waals surface area contributed by atoms with Crippen molar-refractivity contribution < 1.29 is 0 Å². The summed E-state index contributed by atoms with van der Waals surface area (Å²) in [7, 11) is 2.20. The quantitative estimate of drug-likeness (QED) is 0.921. The van der Waals surface area contributed by atoms with Crippen molar-refractivity contribution in [3.05, 3.63) is 30.3 Å². The van der Waals surface area contributed by atoms with Crippen LogP contribution in [0.25, 0.3) is 0 Å². The average Bonchev–Trinajstić information content (AvgIpc) is 2.39. The monoisotopic (exact) mass is 283 g/mol. The molecule has 1 aromatic rings. The molecular formula is C15H26ClN3. The Labute approximate surface area is 123 Å². The van der Waals surface area contributed by atoms with E-state index in [1.165, 1.54) is 18.5 Å². The zero-order valence-corrected chi connectivity index (χ0v) is 12.8. The number of hydrogen-bond donors (Lipinski definition) is 1. The lowest BCUT2D eigenvalue weighted by Crippen LogP contribution is -2.46. The van der Waals surface area contributed by atoms with Crippen LogP contribution >= 0.6 is 12.4 Å². The molecule has 1 aromatic carbocycles. The van der Waals surface area contributed by atoms with Gasteiger partial charge in [-0.25, -0.2) is 0 Å². The van der Waals surface area contributed by atoms with E-state index in [9.17, 15) is 0 Å². The zero-order chi connectivity index (χ0) is 13.0. The van der Waals surface area contributed by atoms with Crippen molar-refractivity contribution in [2.75, 3.05) is 31.6 Å². The van der Waals surface area contributed by atoms with Gasteiger partial charge in [-0.1, -0.05) is 18.2 Å². The van der Waals surface area contributed by atoms with E-state index >= 15 is 0 Å². The predicted molar refractivity (Wildman–Crippen MR) is 85.2 cm³/mol. The van der Waals surface area contributed by atoms with E-state index in [4.69, 9.17) is 5.73 Å². The third kappa shape index (κ3) is 4.68. The van der Waals surface area contributed by atoms with E-state index in [-0.39, 0.29) is 18.4 Å². The molecule has 3 nitrogen and oxygen atoms in total. The Kier molecular flexibility index (Phi) is 6.63. The summed E-state index contributed by atoms with van der Waals surface area (Å²) in [5.41, 5.74) is 7.22. The number of para-hydroxylation sites is 1. The summed E-state index contributed by atoms with van der Waals surface area (Å²) in [4.78, 5) is 4.91. The third-order valence-electron chi connectivity index (χ3n) is 3.79. The Balaban J connectivity index is 0.00000180. The standard InChI is InChI=1S/C15H25N3.ClH/c1-13(16)12-17(2)14-8-10-18(11-9-14)15-6-4-3-5-7-15;/h3-7,13-14H,8-12,16H2,1-2H3;1H. The molecule has 1 fully saturated rings. The van der Waals surface area contributed by atoms with E-state index in [1.807, 2.05) is 0 Å². The Morgan fingerprint density at radius 1 is 1.26 bits per heavy atom. The van der Waals surface area contributed by atoms with Gasteiger partial charge in [0.25, 0.3) is 0 Å².